The van der Waals surface area contributed by atoms with Crippen molar-refractivity contribution < 1.29 is 8.42 Å². The molecule has 0 N–H and O–H groups in total. The van der Waals surface area contributed by atoms with E-state index >= 15 is 0 Å². The molecule has 0 amide bonds. The molecule has 1 aliphatic rings. The summed E-state index contributed by atoms with van der Waals surface area (Å²) >= 11 is 0. The fraction of sp³-hybridized carbons (Fsp3) is 0.571. The second-order valence-corrected chi connectivity index (χ2v) is 7.80. The second kappa shape index (κ2) is 5.23. The van der Waals surface area contributed by atoms with Crippen LogP contribution < -0.4 is 0 Å². The zero-order chi connectivity index (χ0) is 14.1. The average molecular weight is 282 g/mol. The van der Waals surface area contributed by atoms with E-state index in [1.807, 2.05) is 18.2 Å². The van der Waals surface area contributed by atoms with Crippen LogP contribution in [0.25, 0.3) is 0 Å². The first-order valence-electron chi connectivity index (χ1n) is 6.59. The zero-order valence-corrected chi connectivity index (χ0v) is 12.7. The number of rotatable bonds is 3. The molecule has 1 aliphatic heterocycles. The van der Waals surface area contributed by atoms with Gasteiger partial charge in [-0.3, -0.25) is 0 Å². The summed E-state index contributed by atoms with van der Waals surface area (Å²) in [5.41, 5.74) is 1.12. The minimum atomic E-state index is -3.31. The third-order valence-corrected chi connectivity index (χ3v) is 5.81. The van der Waals surface area contributed by atoms with Gasteiger partial charge in [-0.1, -0.05) is 37.3 Å². The highest BCUT2D eigenvalue weighted by atomic mass is 32.2. The van der Waals surface area contributed by atoms with Gasteiger partial charge in [-0.2, -0.15) is 17.0 Å². The third-order valence-electron chi connectivity index (χ3n) is 3.92. The van der Waals surface area contributed by atoms with Crippen LogP contribution in [0.4, 0.5) is 0 Å². The van der Waals surface area contributed by atoms with Crippen LogP contribution in [0.1, 0.15) is 25.3 Å². The van der Waals surface area contributed by atoms with Crippen molar-refractivity contribution in [3.05, 3.63) is 35.9 Å². The fourth-order valence-corrected chi connectivity index (χ4v) is 3.97. The first-order chi connectivity index (χ1) is 8.86. The Morgan fingerprint density at radius 1 is 1.21 bits per heavy atom. The van der Waals surface area contributed by atoms with E-state index in [1.54, 1.807) is 18.4 Å². The molecular formula is C14H22N2O2S. The molecule has 106 valence electrons. The summed E-state index contributed by atoms with van der Waals surface area (Å²) < 4.78 is 27.4. The predicted octanol–water partition coefficient (Wildman–Crippen LogP) is 1.85. The standard InChI is InChI=1S/C14H22N2O2S/c1-14(13-8-5-4-6-9-13)10-7-11-16(12-14)19(17,18)15(2)3/h4-6,8-9H,7,10-12H2,1-3H3. The minimum absolute atomic E-state index is 0.0947. The summed E-state index contributed by atoms with van der Waals surface area (Å²) in [6.07, 6.45) is 1.93. The molecule has 2 rings (SSSR count). The Kier molecular flexibility index (Phi) is 3.99. The molecule has 0 spiro atoms. The highest BCUT2D eigenvalue weighted by Gasteiger charge is 2.38. The van der Waals surface area contributed by atoms with Crippen LogP contribution in [0, 0.1) is 0 Å². The van der Waals surface area contributed by atoms with E-state index in [0.717, 1.165) is 12.8 Å². The topological polar surface area (TPSA) is 40.6 Å². The van der Waals surface area contributed by atoms with Crippen LogP contribution in [-0.2, 0) is 15.6 Å². The first-order valence-corrected chi connectivity index (χ1v) is 7.99. The molecule has 1 atom stereocenters. The third kappa shape index (κ3) is 2.83. The van der Waals surface area contributed by atoms with Crippen LogP contribution >= 0.6 is 0 Å². The van der Waals surface area contributed by atoms with Crippen LogP contribution in [0.3, 0.4) is 0 Å². The molecule has 1 unspecified atom stereocenters. The van der Waals surface area contributed by atoms with Crippen LogP contribution in [0.5, 0.6) is 0 Å². The van der Waals surface area contributed by atoms with Gasteiger partial charge in [0.1, 0.15) is 0 Å². The van der Waals surface area contributed by atoms with Gasteiger partial charge >= 0.3 is 0 Å². The van der Waals surface area contributed by atoms with Crippen LogP contribution in [0.15, 0.2) is 30.3 Å². The number of hydrogen-bond donors (Lipinski definition) is 0. The van der Waals surface area contributed by atoms with Gasteiger partial charge in [0.05, 0.1) is 0 Å². The molecule has 0 aromatic heterocycles. The second-order valence-electron chi connectivity index (χ2n) is 5.65. The Balaban J connectivity index is 2.27. The summed E-state index contributed by atoms with van der Waals surface area (Å²) in [6, 6.07) is 10.2. The van der Waals surface area contributed by atoms with Crippen molar-refractivity contribution in [2.24, 2.45) is 0 Å². The summed E-state index contributed by atoms with van der Waals surface area (Å²) in [6.45, 7) is 3.32. The molecule has 1 aromatic carbocycles. The highest BCUT2D eigenvalue weighted by molar-refractivity contribution is 7.86. The van der Waals surface area contributed by atoms with Crippen molar-refractivity contribution in [3.63, 3.8) is 0 Å². The lowest BCUT2D eigenvalue weighted by Gasteiger charge is -2.40. The molecule has 0 radical (unpaired) electrons. The largest absolute Gasteiger partial charge is 0.281 e. The van der Waals surface area contributed by atoms with Gasteiger partial charge in [0.25, 0.3) is 10.2 Å². The molecule has 0 bridgehead atoms. The molecule has 1 heterocycles. The fourth-order valence-electron chi connectivity index (χ4n) is 2.70. The molecule has 1 fully saturated rings. The van der Waals surface area contributed by atoms with Gasteiger partial charge in [-0.15, -0.1) is 0 Å². The smallest absolute Gasteiger partial charge is 0.195 e. The van der Waals surface area contributed by atoms with Gasteiger partial charge in [0.15, 0.2) is 0 Å². The molecule has 0 saturated carbocycles. The van der Waals surface area contributed by atoms with Gasteiger partial charge in [0, 0.05) is 32.6 Å². The normalized spacial score (nSPS) is 25.7. The monoisotopic (exact) mass is 282 g/mol. The van der Waals surface area contributed by atoms with E-state index < -0.39 is 10.2 Å². The molecule has 4 nitrogen and oxygen atoms in total. The van der Waals surface area contributed by atoms with E-state index in [1.165, 1.54) is 9.87 Å². The SMILES string of the molecule is CN(C)S(=O)(=O)N1CCCC(C)(c2ccccc2)C1. The lowest BCUT2D eigenvalue weighted by molar-refractivity contribution is 0.231. The maximum absolute atomic E-state index is 12.3. The number of nitrogens with zero attached hydrogens (tertiary/aromatic N) is 2. The van der Waals surface area contributed by atoms with Crippen molar-refractivity contribution in [1.29, 1.82) is 0 Å². The quantitative estimate of drug-likeness (QED) is 0.849. The summed E-state index contributed by atoms with van der Waals surface area (Å²) in [7, 11) is -0.138. The zero-order valence-electron chi connectivity index (χ0n) is 11.8. The summed E-state index contributed by atoms with van der Waals surface area (Å²) in [4.78, 5) is 0. The highest BCUT2D eigenvalue weighted by Crippen LogP contribution is 2.34. The lowest BCUT2D eigenvalue weighted by Crippen LogP contribution is -2.50. The number of hydrogen-bond acceptors (Lipinski definition) is 2. The van der Waals surface area contributed by atoms with Crippen molar-refractivity contribution >= 4 is 10.2 Å². The van der Waals surface area contributed by atoms with Gasteiger partial charge < -0.3 is 0 Å². The van der Waals surface area contributed by atoms with Crippen molar-refractivity contribution in [1.82, 2.24) is 8.61 Å². The summed E-state index contributed by atoms with van der Waals surface area (Å²) in [5.74, 6) is 0. The Morgan fingerprint density at radius 2 is 1.84 bits per heavy atom. The van der Waals surface area contributed by atoms with Gasteiger partial charge in [-0.25, -0.2) is 0 Å². The lowest BCUT2D eigenvalue weighted by atomic mass is 9.77. The maximum Gasteiger partial charge on any atom is 0.281 e. The Morgan fingerprint density at radius 3 is 2.42 bits per heavy atom. The van der Waals surface area contributed by atoms with Crippen LogP contribution in [-0.4, -0.2) is 44.2 Å². The summed E-state index contributed by atoms with van der Waals surface area (Å²) in [5, 5.41) is 0. The van der Waals surface area contributed by atoms with Crippen molar-refractivity contribution in [3.8, 4) is 0 Å². The number of piperidine rings is 1. The average Bonchev–Trinajstić information content (AvgIpc) is 2.39. The molecule has 0 aliphatic carbocycles. The van der Waals surface area contributed by atoms with Crippen molar-refractivity contribution in [2.75, 3.05) is 27.2 Å². The Labute approximate surface area is 116 Å². The molecule has 19 heavy (non-hydrogen) atoms. The maximum atomic E-state index is 12.3. The van der Waals surface area contributed by atoms with Crippen molar-refractivity contribution in [2.45, 2.75) is 25.2 Å². The van der Waals surface area contributed by atoms with Crippen LogP contribution in [0.2, 0.25) is 0 Å². The van der Waals surface area contributed by atoms with Gasteiger partial charge in [0.2, 0.25) is 0 Å². The molecule has 5 heteroatoms. The minimum Gasteiger partial charge on any atom is -0.195 e. The van der Waals surface area contributed by atoms with E-state index in [0.29, 0.717) is 13.1 Å². The van der Waals surface area contributed by atoms with Gasteiger partial charge in [-0.05, 0) is 18.4 Å². The van der Waals surface area contributed by atoms with E-state index in [9.17, 15) is 8.42 Å². The number of benzene rings is 1. The molecular weight excluding hydrogens is 260 g/mol. The molecule has 1 saturated heterocycles. The van der Waals surface area contributed by atoms with E-state index in [-0.39, 0.29) is 5.41 Å². The Hall–Kier alpha value is -0.910. The molecule has 1 aromatic rings. The predicted molar refractivity (Wildman–Crippen MR) is 77.2 cm³/mol. The van der Waals surface area contributed by atoms with E-state index in [4.69, 9.17) is 0 Å². The Bertz CT molecular complexity index is 528. The van der Waals surface area contributed by atoms with E-state index in [2.05, 4.69) is 19.1 Å². The first kappa shape index (κ1) is 14.5.